The molecular formula is C15H20O2. The van der Waals surface area contributed by atoms with Gasteiger partial charge in [-0.25, -0.2) is 0 Å². The molecule has 1 rings (SSSR count). The van der Waals surface area contributed by atoms with Crippen LogP contribution in [0.5, 0.6) is 0 Å². The zero-order chi connectivity index (χ0) is 12.7. The van der Waals surface area contributed by atoms with Crippen LogP contribution in [-0.4, -0.2) is 17.8 Å². The number of ether oxygens (including phenoxy) is 1. The third kappa shape index (κ3) is 4.08. The highest BCUT2D eigenvalue weighted by atomic mass is 16.5. The quantitative estimate of drug-likeness (QED) is 0.577. The van der Waals surface area contributed by atoms with E-state index >= 15 is 0 Å². The number of hydrogen-bond donors (Lipinski definition) is 1. The molecule has 0 radical (unpaired) electrons. The van der Waals surface area contributed by atoms with Gasteiger partial charge < -0.3 is 9.84 Å². The Morgan fingerprint density at radius 1 is 1.41 bits per heavy atom. The van der Waals surface area contributed by atoms with Gasteiger partial charge >= 0.3 is 0 Å². The number of aliphatic hydroxyl groups is 1. The topological polar surface area (TPSA) is 29.5 Å². The molecule has 0 spiro atoms. The van der Waals surface area contributed by atoms with Crippen LogP contribution in [0.15, 0.2) is 55.3 Å². The molecule has 1 N–H and O–H groups in total. The summed E-state index contributed by atoms with van der Waals surface area (Å²) in [5.74, 6) is 0.540. The predicted molar refractivity (Wildman–Crippen MR) is 70.8 cm³/mol. The fourth-order valence-corrected chi connectivity index (χ4v) is 1.72. The molecule has 0 aromatic heterocycles. The van der Waals surface area contributed by atoms with Crippen molar-refractivity contribution in [3.05, 3.63) is 60.9 Å². The normalized spacial score (nSPS) is 13.8. The average molecular weight is 232 g/mol. The summed E-state index contributed by atoms with van der Waals surface area (Å²) >= 11 is 0. The van der Waals surface area contributed by atoms with Crippen molar-refractivity contribution in [2.45, 2.75) is 25.4 Å². The minimum absolute atomic E-state index is 0.114. The van der Waals surface area contributed by atoms with E-state index in [2.05, 4.69) is 13.2 Å². The number of aliphatic hydroxyl groups excluding tert-OH is 1. The lowest BCUT2D eigenvalue weighted by molar-refractivity contribution is 0.101. The van der Waals surface area contributed by atoms with Crippen molar-refractivity contribution in [1.82, 2.24) is 0 Å². The molecule has 0 saturated carbocycles. The highest BCUT2D eigenvalue weighted by Gasteiger charge is 2.16. The van der Waals surface area contributed by atoms with Crippen LogP contribution in [0, 0.1) is 0 Å². The molecular weight excluding hydrogens is 212 g/mol. The zero-order valence-corrected chi connectivity index (χ0v) is 10.3. The van der Waals surface area contributed by atoms with E-state index in [1.54, 1.807) is 0 Å². The molecule has 0 bridgehead atoms. The Labute approximate surface area is 103 Å². The molecule has 0 fully saturated rings. The first-order valence-corrected chi connectivity index (χ1v) is 5.86. The van der Waals surface area contributed by atoms with Gasteiger partial charge in [-0.15, -0.1) is 6.58 Å². The maximum absolute atomic E-state index is 9.94. The van der Waals surface area contributed by atoms with Crippen LogP contribution in [0.2, 0.25) is 0 Å². The van der Waals surface area contributed by atoms with E-state index in [4.69, 9.17) is 4.74 Å². The van der Waals surface area contributed by atoms with Gasteiger partial charge in [-0.1, -0.05) is 43.0 Å². The van der Waals surface area contributed by atoms with Gasteiger partial charge in [0.1, 0.15) is 11.9 Å². The fraction of sp³-hybridized carbons (Fsp3) is 0.333. The predicted octanol–water partition coefficient (Wildman–Crippen LogP) is 3.26. The minimum atomic E-state index is -0.654. The molecule has 2 atom stereocenters. The van der Waals surface area contributed by atoms with E-state index in [1.165, 1.54) is 0 Å². The lowest BCUT2D eigenvalue weighted by Crippen LogP contribution is -2.15. The molecule has 17 heavy (non-hydrogen) atoms. The van der Waals surface area contributed by atoms with Gasteiger partial charge in [-0.2, -0.15) is 0 Å². The Bertz CT molecular complexity index is 356. The van der Waals surface area contributed by atoms with Crippen LogP contribution in [0.4, 0.5) is 0 Å². The second-order valence-electron chi connectivity index (χ2n) is 3.90. The summed E-state index contributed by atoms with van der Waals surface area (Å²) in [4.78, 5) is 0. The van der Waals surface area contributed by atoms with Crippen molar-refractivity contribution in [3.8, 4) is 0 Å². The second-order valence-corrected chi connectivity index (χ2v) is 3.90. The molecule has 2 heteroatoms. The molecule has 1 aromatic carbocycles. The third-order valence-electron chi connectivity index (χ3n) is 2.69. The number of allylic oxidation sites excluding steroid dienone is 1. The van der Waals surface area contributed by atoms with E-state index in [0.29, 0.717) is 18.8 Å². The second kappa shape index (κ2) is 6.92. The number of benzene rings is 1. The van der Waals surface area contributed by atoms with Crippen molar-refractivity contribution in [3.63, 3.8) is 0 Å². The number of hydrogen-bond acceptors (Lipinski definition) is 2. The van der Waals surface area contributed by atoms with Gasteiger partial charge in [0.15, 0.2) is 0 Å². The van der Waals surface area contributed by atoms with E-state index in [0.717, 1.165) is 5.56 Å². The summed E-state index contributed by atoms with van der Waals surface area (Å²) in [5.41, 5.74) is 1.14. The van der Waals surface area contributed by atoms with Crippen LogP contribution in [0.25, 0.3) is 0 Å². The van der Waals surface area contributed by atoms with Crippen LogP contribution >= 0.6 is 0 Å². The Balaban J connectivity index is 2.65. The van der Waals surface area contributed by atoms with Crippen LogP contribution in [0.1, 0.15) is 24.8 Å². The summed E-state index contributed by atoms with van der Waals surface area (Å²) in [5, 5.41) is 9.94. The molecule has 92 valence electrons. The molecule has 0 aliphatic heterocycles. The Kier molecular flexibility index (Phi) is 5.50. The first-order valence-electron chi connectivity index (χ1n) is 5.86. The summed E-state index contributed by atoms with van der Waals surface area (Å²) in [7, 11) is 0. The smallest absolute Gasteiger partial charge is 0.117 e. The van der Waals surface area contributed by atoms with Gasteiger partial charge in [0.05, 0.1) is 6.61 Å². The maximum atomic E-state index is 9.94. The summed E-state index contributed by atoms with van der Waals surface area (Å²) in [6.45, 7) is 9.94. The first kappa shape index (κ1) is 13.5. The van der Waals surface area contributed by atoms with E-state index in [-0.39, 0.29) is 5.92 Å². The summed E-state index contributed by atoms with van der Waals surface area (Å²) < 4.78 is 5.21. The highest BCUT2D eigenvalue weighted by Crippen LogP contribution is 2.24. The largest absolute Gasteiger partial charge is 0.496 e. The third-order valence-corrected chi connectivity index (χ3v) is 2.69. The van der Waals surface area contributed by atoms with Gasteiger partial charge in [-0.3, -0.25) is 0 Å². The summed E-state index contributed by atoms with van der Waals surface area (Å²) in [6.07, 6.45) is 1.74. The molecule has 0 heterocycles. The van der Waals surface area contributed by atoms with E-state index < -0.39 is 6.10 Å². The first-order chi connectivity index (χ1) is 8.19. The SMILES string of the molecule is C=CC(CC(O)C(=C)OCC)c1ccccc1. The molecule has 2 nitrogen and oxygen atoms in total. The molecule has 2 unspecified atom stereocenters. The van der Waals surface area contributed by atoms with Crippen molar-refractivity contribution < 1.29 is 9.84 Å². The lowest BCUT2D eigenvalue weighted by Gasteiger charge is -2.19. The molecule has 0 saturated heterocycles. The average Bonchev–Trinajstić information content (AvgIpc) is 2.37. The summed E-state index contributed by atoms with van der Waals surface area (Å²) in [6, 6.07) is 10.00. The monoisotopic (exact) mass is 232 g/mol. The Morgan fingerprint density at radius 2 is 2.06 bits per heavy atom. The van der Waals surface area contributed by atoms with Crippen LogP contribution in [-0.2, 0) is 4.74 Å². The molecule has 1 aromatic rings. The highest BCUT2D eigenvalue weighted by molar-refractivity contribution is 5.23. The molecule has 0 aliphatic rings. The Morgan fingerprint density at radius 3 is 2.59 bits per heavy atom. The van der Waals surface area contributed by atoms with E-state index in [1.807, 2.05) is 43.3 Å². The lowest BCUT2D eigenvalue weighted by atomic mass is 9.93. The van der Waals surface area contributed by atoms with Crippen molar-refractivity contribution in [2.75, 3.05) is 6.61 Å². The van der Waals surface area contributed by atoms with Crippen molar-refractivity contribution in [2.24, 2.45) is 0 Å². The van der Waals surface area contributed by atoms with Gasteiger partial charge in [0, 0.05) is 5.92 Å². The zero-order valence-electron chi connectivity index (χ0n) is 10.3. The van der Waals surface area contributed by atoms with Gasteiger partial charge in [0.2, 0.25) is 0 Å². The van der Waals surface area contributed by atoms with Crippen LogP contribution < -0.4 is 0 Å². The standard InChI is InChI=1S/C15H20O2/c1-4-13(14-9-7-6-8-10-14)11-15(16)12(3)17-5-2/h4,6-10,13,15-16H,1,3,5,11H2,2H3. The van der Waals surface area contributed by atoms with E-state index in [9.17, 15) is 5.11 Å². The fourth-order valence-electron chi connectivity index (χ4n) is 1.72. The van der Waals surface area contributed by atoms with Crippen LogP contribution in [0.3, 0.4) is 0 Å². The minimum Gasteiger partial charge on any atom is -0.496 e. The van der Waals surface area contributed by atoms with Gasteiger partial charge in [0.25, 0.3) is 0 Å². The van der Waals surface area contributed by atoms with Gasteiger partial charge in [-0.05, 0) is 18.9 Å². The van der Waals surface area contributed by atoms with Crippen molar-refractivity contribution >= 4 is 0 Å². The Hall–Kier alpha value is -1.54. The molecule has 0 amide bonds. The number of rotatable bonds is 7. The maximum Gasteiger partial charge on any atom is 0.117 e. The molecule has 0 aliphatic carbocycles. The van der Waals surface area contributed by atoms with Crippen molar-refractivity contribution in [1.29, 1.82) is 0 Å².